The number of benzene rings is 1. The van der Waals surface area contributed by atoms with Crippen molar-refractivity contribution in [3.8, 4) is 5.75 Å². The van der Waals surface area contributed by atoms with Crippen molar-refractivity contribution in [1.29, 1.82) is 0 Å². The predicted molar refractivity (Wildman–Crippen MR) is 85.4 cm³/mol. The molecular formula is C16H21BrN2O2. The monoisotopic (exact) mass is 352 g/mol. The molecule has 0 unspecified atom stereocenters. The zero-order valence-corrected chi connectivity index (χ0v) is 13.9. The third-order valence-electron chi connectivity index (χ3n) is 4.59. The van der Waals surface area contributed by atoms with E-state index < -0.39 is 0 Å². The van der Waals surface area contributed by atoms with E-state index in [9.17, 15) is 4.79 Å². The van der Waals surface area contributed by atoms with E-state index in [1.54, 1.807) is 7.11 Å². The summed E-state index contributed by atoms with van der Waals surface area (Å²) < 4.78 is 6.16. The second kappa shape index (κ2) is 6.36. The molecule has 1 aromatic carbocycles. The van der Waals surface area contributed by atoms with Gasteiger partial charge in [0.2, 0.25) is 5.91 Å². The van der Waals surface area contributed by atoms with E-state index in [1.165, 1.54) is 0 Å². The zero-order valence-electron chi connectivity index (χ0n) is 12.3. The van der Waals surface area contributed by atoms with Gasteiger partial charge >= 0.3 is 0 Å². The molecule has 2 heterocycles. The summed E-state index contributed by atoms with van der Waals surface area (Å²) in [5.41, 5.74) is 1.16. The molecule has 4 nitrogen and oxygen atoms in total. The van der Waals surface area contributed by atoms with Gasteiger partial charge in [-0.2, -0.15) is 0 Å². The molecule has 2 saturated heterocycles. The number of amides is 1. The van der Waals surface area contributed by atoms with Gasteiger partial charge in [0, 0.05) is 32.6 Å². The van der Waals surface area contributed by atoms with Crippen LogP contribution in [-0.4, -0.2) is 44.1 Å². The van der Waals surface area contributed by atoms with E-state index in [1.807, 2.05) is 18.2 Å². The van der Waals surface area contributed by atoms with Crippen LogP contribution in [0.25, 0.3) is 0 Å². The van der Waals surface area contributed by atoms with E-state index in [4.69, 9.17) is 4.74 Å². The van der Waals surface area contributed by atoms with Gasteiger partial charge in [-0.1, -0.05) is 6.07 Å². The summed E-state index contributed by atoms with van der Waals surface area (Å²) in [6.45, 7) is 4.01. The predicted octanol–water partition coefficient (Wildman–Crippen LogP) is 2.07. The van der Waals surface area contributed by atoms with Crippen molar-refractivity contribution in [2.75, 3.05) is 33.3 Å². The Morgan fingerprint density at radius 3 is 2.71 bits per heavy atom. The molecule has 3 rings (SSSR count). The topological polar surface area (TPSA) is 41.6 Å². The summed E-state index contributed by atoms with van der Waals surface area (Å²) in [5.74, 6) is 2.45. The van der Waals surface area contributed by atoms with Gasteiger partial charge in [-0.3, -0.25) is 4.79 Å². The second-order valence-corrected chi connectivity index (χ2v) is 6.80. The maximum atomic E-state index is 12.3. The molecular weight excluding hydrogens is 332 g/mol. The Labute approximate surface area is 134 Å². The average Bonchev–Trinajstić information content (AvgIpc) is 3.06. The number of fused-ring (bicyclic) bond motifs is 1. The Bertz CT molecular complexity index is 523. The quantitative estimate of drug-likeness (QED) is 0.901. The lowest BCUT2D eigenvalue weighted by atomic mass is 10.0. The lowest BCUT2D eigenvalue weighted by molar-refractivity contribution is -0.130. The van der Waals surface area contributed by atoms with Crippen LogP contribution in [0.4, 0.5) is 0 Å². The van der Waals surface area contributed by atoms with E-state index in [0.29, 0.717) is 18.3 Å². The minimum atomic E-state index is 0.288. The maximum absolute atomic E-state index is 12.3. The number of nitrogens with zero attached hydrogens (tertiary/aromatic N) is 1. The van der Waals surface area contributed by atoms with E-state index >= 15 is 0 Å². The number of aryl methyl sites for hydroxylation is 1. The minimum absolute atomic E-state index is 0.288. The summed E-state index contributed by atoms with van der Waals surface area (Å²) in [6, 6.07) is 6.00. The first-order chi connectivity index (χ1) is 10.2. The number of rotatable bonds is 4. The van der Waals surface area contributed by atoms with Crippen molar-refractivity contribution in [3.05, 3.63) is 28.2 Å². The molecule has 0 bridgehead atoms. The highest BCUT2D eigenvalue weighted by Gasteiger charge is 2.37. The van der Waals surface area contributed by atoms with Crippen LogP contribution in [0.5, 0.6) is 5.75 Å². The Hall–Kier alpha value is -1.07. The van der Waals surface area contributed by atoms with Crippen LogP contribution in [0.2, 0.25) is 0 Å². The van der Waals surface area contributed by atoms with E-state index in [-0.39, 0.29) is 5.91 Å². The number of carbonyl (C=O) groups excluding carboxylic acids is 1. The lowest BCUT2D eigenvalue weighted by Crippen LogP contribution is -2.31. The van der Waals surface area contributed by atoms with Crippen LogP contribution >= 0.6 is 15.9 Å². The lowest BCUT2D eigenvalue weighted by Gasteiger charge is -2.17. The molecule has 1 amide bonds. The van der Waals surface area contributed by atoms with Gasteiger partial charge in [-0.05, 0) is 51.9 Å². The smallest absolute Gasteiger partial charge is 0.222 e. The van der Waals surface area contributed by atoms with Crippen molar-refractivity contribution in [3.63, 3.8) is 0 Å². The second-order valence-electron chi connectivity index (χ2n) is 5.95. The highest BCUT2D eigenvalue weighted by atomic mass is 79.9. The van der Waals surface area contributed by atoms with Crippen LogP contribution in [0.3, 0.4) is 0 Å². The van der Waals surface area contributed by atoms with Crippen molar-refractivity contribution < 1.29 is 9.53 Å². The zero-order chi connectivity index (χ0) is 14.8. The number of methoxy groups -OCH3 is 1. The molecule has 0 saturated carbocycles. The maximum Gasteiger partial charge on any atom is 0.222 e. The van der Waals surface area contributed by atoms with Gasteiger partial charge in [-0.25, -0.2) is 0 Å². The molecule has 21 heavy (non-hydrogen) atoms. The number of nitrogens with one attached hydrogen (secondary N) is 1. The summed E-state index contributed by atoms with van der Waals surface area (Å²) in [5, 5.41) is 3.40. The summed E-state index contributed by atoms with van der Waals surface area (Å²) in [7, 11) is 1.66. The molecule has 2 aliphatic rings. The molecule has 2 fully saturated rings. The van der Waals surface area contributed by atoms with Crippen molar-refractivity contribution in [1.82, 2.24) is 10.2 Å². The Morgan fingerprint density at radius 1 is 1.38 bits per heavy atom. The normalized spacial score (nSPS) is 24.2. The molecule has 2 atom stereocenters. The van der Waals surface area contributed by atoms with Gasteiger partial charge in [0.05, 0.1) is 11.6 Å². The highest BCUT2D eigenvalue weighted by Crippen LogP contribution is 2.28. The molecule has 1 aromatic rings. The molecule has 114 valence electrons. The Morgan fingerprint density at radius 2 is 2.10 bits per heavy atom. The molecule has 0 aromatic heterocycles. The summed E-state index contributed by atoms with van der Waals surface area (Å²) in [4.78, 5) is 14.4. The van der Waals surface area contributed by atoms with Crippen LogP contribution in [0, 0.1) is 11.8 Å². The average molecular weight is 353 g/mol. The molecule has 1 N–H and O–H groups in total. The van der Waals surface area contributed by atoms with Gasteiger partial charge in [0.15, 0.2) is 0 Å². The molecule has 0 radical (unpaired) electrons. The molecule has 0 spiro atoms. The van der Waals surface area contributed by atoms with Gasteiger partial charge < -0.3 is 15.0 Å². The Balaban J connectivity index is 1.53. The fourth-order valence-corrected chi connectivity index (χ4v) is 3.92. The first-order valence-corrected chi connectivity index (χ1v) is 8.27. The van der Waals surface area contributed by atoms with Crippen molar-refractivity contribution in [2.24, 2.45) is 11.8 Å². The third-order valence-corrected chi connectivity index (χ3v) is 5.21. The number of hydrogen-bond donors (Lipinski definition) is 1. The van der Waals surface area contributed by atoms with Gasteiger partial charge in [0.25, 0.3) is 0 Å². The minimum Gasteiger partial charge on any atom is -0.496 e. The molecule has 2 aliphatic heterocycles. The summed E-state index contributed by atoms with van der Waals surface area (Å²) in [6.07, 6.45) is 1.37. The molecule has 0 aliphatic carbocycles. The van der Waals surface area contributed by atoms with Gasteiger partial charge in [-0.15, -0.1) is 0 Å². The highest BCUT2D eigenvalue weighted by molar-refractivity contribution is 9.10. The number of carbonyl (C=O) groups is 1. The fraction of sp³-hybridized carbons (Fsp3) is 0.562. The van der Waals surface area contributed by atoms with Crippen LogP contribution < -0.4 is 10.1 Å². The first kappa shape index (κ1) is 14.9. The standard InChI is InChI=1S/C16H21BrN2O2/c1-21-15-4-2-11(6-14(15)17)3-5-16(20)19-9-12-7-18-8-13(12)10-19/h2,4,6,12-13,18H,3,5,7-10H2,1H3/t12-,13+. The van der Waals surface area contributed by atoms with Crippen LogP contribution in [-0.2, 0) is 11.2 Å². The van der Waals surface area contributed by atoms with E-state index in [2.05, 4.69) is 26.1 Å². The number of halogens is 1. The number of hydrogen-bond acceptors (Lipinski definition) is 3. The SMILES string of the molecule is COc1ccc(CCC(=O)N2C[C@H]3CNC[C@H]3C2)cc1Br. The summed E-state index contributed by atoms with van der Waals surface area (Å²) >= 11 is 3.49. The van der Waals surface area contributed by atoms with Gasteiger partial charge in [0.1, 0.15) is 5.75 Å². The number of ether oxygens (including phenoxy) is 1. The Kier molecular flexibility index (Phi) is 4.50. The van der Waals surface area contributed by atoms with Crippen LogP contribution in [0.15, 0.2) is 22.7 Å². The number of likely N-dealkylation sites (tertiary alicyclic amines) is 1. The first-order valence-electron chi connectivity index (χ1n) is 7.48. The fourth-order valence-electron chi connectivity index (χ4n) is 3.33. The largest absolute Gasteiger partial charge is 0.496 e. The van der Waals surface area contributed by atoms with E-state index in [0.717, 1.165) is 48.4 Å². The van der Waals surface area contributed by atoms with Crippen molar-refractivity contribution >= 4 is 21.8 Å². The van der Waals surface area contributed by atoms with Crippen LogP contribution in [0.1, 0.15) is 12.0 Å². The third kappa shape index (κ3) is 3.24. The molecule has 5 heteroatoms. The van der Waals surface area contributed by atoms with Crippen molar-refractivity contribution in [2.45, 2.75) is 12.8 Å².